The van der Waals surface area contributed by atoms with Gasteiger partial charge in [0.05, 0.1) is 23.7 Å². The normalized spacial score (nSPS) is 10.8. The lowest BCUT2D eigenvalue weighted by molar-refractivity contribution is 0.0996. The van der Waals surface area contributed by atoms with Crippen LogP contribution in [0.5, 0.6) is 0 Å². The Balaban J connectivity index is 1.66. The van der Waals surface area contributed by atoms with Gasteiger partial charge in [0.2, 0.25) is 0 Å². The van der Waals surface area contributed by atoms with E-state index in [0.717, 1.165) is 0 Å². The van der Waals surface area contributed by atoms with Gasteiger partial charge in [-0.05, 0) is 42.0 Å². The van der Waals surface area contributed by atoms with Crippen molar-refractivity contribution in [1.82, 2.24) is 9.55 Å². The van der Waals surface area contributed by atoms with Crippen molar-refractivity contribution in [2.45, 2.75) is 6.54 Å². The molecule has 0 unspecified atom stereocenters. The fraction of sp³-hybridized carbons (Fsp3) is 0.0526. The third kappa shape index (κ3) is 3.28. The van der Waals surface area contributed by atoms with E-state index in [9.17, 15) is 14.4 Å². The second-order valence-electron chi connectivity index (χ2n) is 5.74. The molecule has 0 aliphatic heterocycles. The van der Waals surface area contributed by atoms with E-state index in [-0.39, 0.29) is 12.3 Å². The van der Waals surface area contributed by atoms with E-state index in [0.29, 0.717) is 22.3 Å². The Morgan fingerprint density at radius 2 is 1.96 bits per heavy atom. The van der Waals surface area contributed by atoms with Crippen molar-refractivity contribution in [2.24, 2.45) is 0 Å². The van der Waals surface area contributed by atoms with Crippen molar-refractivity contribution >= 4 is 22.6 Å². The van der Waals surface area contributed by atoms with E-state index in [2.05, 4.69) is 10.3 Å². The number of hydrogen-bond acceptors (Lipinski definition) is 6. The molecule has 1 N–H and O–H groups in total. The van der Waals surface area contributed by atoms with Crippen LogP contribution in [0.25, 0.3) is 10.9 Å². The maximum atomic E-state index is 12.2. The summed E-state index contributed by atoms with van der Waals surface area (Å²) >= 11 is 0. The minimum atomic E-state index is -0.753. The van der Waals surface area contributed by atoms with Crippen LogP contribution in [-0.2, 0) is 6.54 Å². The van der Waals surface area contributed by atoms with Gasteiger partial charge in [-0.1, -0.05) is 12.1 Å². The standard InChI is InChI=1S/C19H13N3O5/c23-17(15-6-3-9-26-15)21-16-10-12(7-8-20-16)11-22-14-5-2-1-4-13(14)18(24)27-19(22)25/h1-10H,11H2,(H,20,21,23). The van der Waals surface area contributed by atoms with Gasteiger partial charge < -0.3 is 14.2 Å². The highest BCUT2D eigenvalue weighted by Gasteiger charge is 2.12. The quantitative estimate of drug-likeness (QED) is 0.596. The molecule has 8 nitrogen and oxygen atoms in total. The van der Waals surface area contributed by atoms with Crippen molar-refractivity contribution in [3.8, 4) is 0 Å². The predicted molar refractivity (Wildman–Crippen MR) is 96.7 cm³/mol. The molecule has 134 valence electrons. The highest BCUT2D eigenvalue weighted by molar-refractivity contribution is 6.01. The highest BCUT2D eigenvalue weighted by atomic mass is 16.4. The minimum absolute atomic E-state index is 0.148. The average Bonchev–Trinajstić information content (AvgIpc) is 3.20. The van der Waals surface area contributed by atoms with E-state index >= 15 is 0 Å². The number of carbonyl (C=O) groups is 1. The molecule has 1 amide bonds. The van der Waals surface area contributed by atoms with E-state index < -0.39 is 17.3 Å². The fourth-order valence-corrected chi connectivity index (χ4v) is 2.73. The van der Waals surface area contributed by atoms with Gasteiger partial charge in [0.15, 0.2) is 5.76 Å². The highest BCUT2D eigenvalue weighted by Crippen LogP contribution is 2.13. The third-order valence-electron chi connectivity index (χ3n) is 3.97. The first-order valence-corrected chi connectivity index (χ1v) is 8.04. The van der Waals surface area contributed by atoms with E-state index in [1.54, 1.807) is 42.5 Å². The first-order chi connectivity index (χ1) is 13.1. The molecule has 0 saturated carbocycles. The van der Waals surface area contributed by atoms with Crippen molar-refractivity contribution in [2.75, 3.05) is 5.32 Å². The predicted octanol–water partition coefficient (Wildman–Crippen LogP) is 2.24. The van der Waals surface area contributed by atoms with Crippen LogP contribution in [0.4, 0.5) is 5.82 Å². The number of hydrogen-bond donors (Lipinski definition) is 1. The lowest BCUT2D eigenvalue weighted by atomic mass is 10.2. The SMILES string of the molecule is O=C(Nc1cc(Cn2c(=O)oc(=O)c3ccccc32)ccn1)c1ccco1. The van der Waals surface area contributed by atoms with Crippen LogP contribution >= 0.6 is 0 Å². The molecule has 27 heavy (non-hydrogen) atoms. The summed E-state index contributed by atoms with van der Waals surface area (Å²) in [6.07, 6.45) is 2.92. The Morgan fingerprint density at radius 1 is 1.11 bits per heavy atom. The van der Waals surface area contributed by atoms with E-state index in [1.165, 1.54) is 23.1 Å². The van der Waals surface area contributed by atoms with E-state index in [1.807, 2.05) is 0 Å². The Hall–Kier alpha value is -3.94. The molecule has 1 aromatic carbocycles. The topological polar surface area (TPSA) is 107 Å². The van der Waals surface area contributed by atoms with Crippen LogP contribution < -0.4 is 16.7 Å². The Labute approximate surface area is 151 Å². The van der Waals surface area contributed by atoms with Crippen molar-refractivity contribution < 1.29 is 13.6 Å². The summed E-state index contributed by atoms with van der Waals surface area (Å²) in [7, 11) is 0. The van der Waals surface area contributed by atoms with Crippen molar-refractivity contribution in [3.05, 3.63) is 93.3 Å². The first-order valence-electron chi connectivity index (χ1n) is 8.04. The molecule has 3 aromatic heterocycles. The zero-order valence-corrected chi connectivity index (χ0v) is 13.9. The summed E-state index contributed by atoms with van der Waals surface area (Å²) in [6, 6.07) is 13.2. The molecule has 8 heteroatoms. The molecule has 0 atom stereocenters. The zero-order chi connectivity index (χ0) is 18.8. The average molecular weight is 363 g/mol. The lowest BCUT2D eigenvalue weighted by Gasteiger charge is -2.09. The summed E-state index contributed by atoms with van der Waals surface area (Å²) in [6.45, 7) is 0.148. The smallest absolute Gasteiger partial charge is 0.422 e. The minimum Gasteiger partial charge on any atom is -0.459 e. The van der Waals surface area contributed by atoms with Crippen molar-refractivity contribution in [3.63, 3.8) is 0 Å². The molecule has 0 radical (unpaired) electrons. The number of para-hydroxylation sites is 1. The fourth-order valence-electron chi connectivity index (χ4n) is 2.73. The molecule has 0 spiro atoms. The number of nitrogens with zero attached hydrogens (tertiary/aromatic N) is 2. The second-order valence-corrected chi connectivity index (χ2v) is 5.74. The second kappa shape index (κ2) is 6.75. The maximum absolute atomic E-state index is 12.2. The molecule has 0 aliphatic carbocycles. The van der Waals surface area contributed by atoms with Gasteiger partial charge in [0.25, 0.3) is 5.91 Å². The number of aromatic nitrogens is 2. The molecule has 4 rings (SSSR count). The van der Waals surface area contributed by atoms with Gasteiger partial charge in [-0.15, -0.1) is 0 Å². The summed E-state index contributed by atoms with van der Waals surface area (Å²) in [4.78, 5) is 40.2. The number of nitrogens with one attached hydrogen (secondary N) is 1. The molecule has 0 fully saturated rings. The zero-order valence-electron chi connectivity index (χ0n) is 13.9. The van der Waals surface area contributed by atoms with Crippen LogP contribution in [-0.4, -0.2) is 15.5 Å². The third-order valence-corrected chi connectivity index (χ3v) is 3.97. The Bertz CT molecular complexity index is 1240. The van der Waals surface area contributed by atoms with E-state index in [4.69, 9.17) is 8.83 Å². The van der Waals surface area contributed by atoms with Crippen molar-refractivity contribution in [1.29, 1.82) is 0 Å². The van der Waals surface area contributed by atoms with Gasteiger partial charge in [-0.25, -0.2) is 14.6 Å². The number of rotatable bonds is 4. The lowest BCUT2D eigenvalue weighted by Crippen LogP contribution is -2.25. The molecule has 4 aromatic rings. The van der Waals surface area contributed by atoms with Crippen LogP contribution in [0.3, 0.4) is 0 Å². The number of furan rings is 1. The molecule has 3 heterocycles. The Morgan fingerprint density at radius 3 is 2.78 bits per heavy atom. The van der Waals surface area contributed by atoms with Gasteiger partial charge >= 0.3 is 11.4 Å². The number of benzene rings is 1. The van der Waals surface area contributed by atoms with Crippen LogP contribution in [0.1, 0.15) is 16.1 Å². The number of anilines is 1. The summed E-state index contributed by atoms with van der Waals surface area (Å²) in [5.41, 5.74) is 0.491. The van der Waals surface area contributed by atoms with Crippen LogP contribution in [0, 0.1) is 0 Å². The number of fused-ring (bicyclic) bond motifs is 1. The Kier molecular flexibility index (Phi) is 4.13. The first kappa shape index (κ1) is 16.5. The van der Waals surface area contributed by atoms with Gasteiger partial charge in [-0.2, -0.15) is 0 Å². The van der Waals surface area contributed by atoms with Gasteiger partial charge in [0, 0.05) is 6.20 Å². The molecule has 0 aliphatic rings. The monoisotopic (exact) mass is 363 g/mol. The van der Waals surface area contributed by atoms with Crippen LogP contribution in [0.15, 0.2) is 79.4 Å². The van der Waals surface area contributed by atoms with Crippen LogP contribution in [0.2, 0.25) is 0 Å². The summed E-state index contributed by atoms with van der Waals surface area (Å²) in [5, 5.41) is 2.94. The molecule has 0 bridgehead atoms. The van der Waals surface area contributed by atoms with Gasteiger partial charge in [-0.3, -0.25) is 9.36 Å². The maximum Gasteiger partial charge on any atom is 0.422 e. The number of amides is 1. The summed E-state index contributed by atoms with van der Waals surface area (Å²) < 4.78 is 11.2. The number of carbonyl (C=O) groups excluding carboxylic acids is 1. The van der Waals surface area contributed by atoms with Gasteiger partial charge in [0.1, 0.15) is 5.82 Å². The molecular weight excluding hydrogens is 350 g/mol. The molecule has 0 saturated heterocycles. The summed E-state index contributed by atoms with van der Waals surface area (Å²) in [5.74, 6) is -0.715. The largest absolute Gasteiger partial charge is 0.459 e. The number of pyridine rings is 1. The molecular formula is C19H13N3O5.